The van der Waals surface area contributed by atoms with Gasteiger partial charge in [0.25, 0.3) is 0 Å². The highest BCUT2D eigenvalue weighted by molar-refractivity contribution is 5.88. The van der Waals surface area contributed by atoms with Crippen LogP contribution in [-0.4, -0.2) is 20.6 Å². The fourth-order valence-electron chi connectivity index (χ4n) is 2.67. The molecule has 3 heterocycles. The molecule has 8 heteroatoms. The summed E-state index contributed by atoms with van der Waals surface area (Å²) in [7, 11) is 0. The molecule has 0 aliphatic rings. The maximum absolute atomic E-state index is 12.2. The molecule has 0 spiro atoms. The van der Waals surface area contributed by atoms with Gasteiger partial charge in [-0.05, 0) is 30.3 Å². The summed E-state index contributed by atoms with van der Waals surface area (Å²) in [4.78, 5) is 32.5. The van der Waals surface area contributed by atoms with Crippen molar-refractivity contribution >= 4 is 22.9 Å². The van der Waals surface area contributed by atoms with Crippen LogP contribution in [0.5, 0.6) is 0 Å². The molecule has 0 atom stereocenters. The summed E-state index contributed by atoms with van der Waals surface area (Å²) in [5.74, 6) is -0.198. The number of anilines is 1. The Kier molecular flexibility index (Phi) is 4.36. The lowest BCUT2D eigenvalue weighted by molar-refractivity contribution is 0.251. The molecule has 0 aliphatic carbocycles. The second-order valence-electron chi connectivity index (χ2n) is 5.70. The highest BCUT2D eigenvalue weighted by Gasteiger charge is 2.12. The topological polar surface area (TPSA) is 102 Å². The van der Waals surface area contributed by atoms with Crippen LogP contribution in [0.4, 0.5) is 10.6 Å². The molecule has 3 aromatic heterocycles. The smallest absolute Gasteiger partial charge is 0.407 e. The van der Waals surface area contributed by atoms with E-state index in [4.69, 9.17) is 4.42 Å². The summed E-state index contributed by atoms with van der Waals surface area (Å²) in [5.41, 5.74) is 2.41. The average Bonchev–Trinajstić information content (AvgIpc) is 3.03. The van der Waals surface area contributed by atoms with Crippen molar-refractivity contribution in [3.05, 3.63) is 83.2 Å². The molecule has 0 aliphatic heterocycles. The van der Waals surface area contributed by atoms with Gasteiger partial charge < -0.3 is 9.73 Å². The largest absolute Gasteiger partial charge is 0.424 e. The molecule has 1 aromatic carbocycles. The summed E-state index contributed by atoms with van der Waals surface area (Å²) in [6, 6.07) is 15.4. The lowest BCUT2D eigenvalue weighted by Gasteiger charge is -2.08. The number of hydrogen-bond acceptors (Lipinski definition) is 5. The van der Waals surface area contributed by atoms with Crippen LogP contribution >= 0.6 is 0 Å². The summed E-state index contributed by atoms with van der Waals surface area (Å²) >= 11 is 0. The maximum Gasteiger partial charge on any atom is 0.424 e. The quantitative estimate of drug-likeness (QED) is 0.582. The Bertz CT molecular complexity index is 1150. The van der Waals surface area contributed by atoms with Gasteiger partial charge in [-0.1, -0.05) is 18.2 Å². The third kappa shape index (κ3) is 3.54. The lowest BCUT2D eigenvalue weighted by atomic mass is 10.3. The molecule has 2 N–H and O–H groups in total. The lowest BCUT2D eigenvalue weighted by Crippen LogP contribution is -2.29. The fourth-order valence-corrected chi connectivity index (χ4v) is 2.67. The van der Waals surface area contributed by atoms with E-state index in [2.05, 4.69) is 20.6 Å². The first-order valence-electron chi connectivity index (χ1n) is 8.22. The van der Waals surface area contributed by atoms with Gasteiger partial charge >= 0.3 is 11.8 Å². The van der Waals surface area contributed by atoms with Gasteiger partial charge in [0.05, 0.1) is 23.4 Å². The van der Waals surface area contributed by atoms with Crippen molar-refractivity contribution in [2.75, 3.05) is 5.32 Å². The maximum atomic E-state index is 12.2. The number of urea groups is 1. The van der Waals surface area contributed by atoms with Gasteiger partial charge in [0, 0.05) is 18.5 Å². The SMILES string of the molecule is O=C(NCc1ccccn1)Nc1cc(-n2c(=O)oc3ccccc32)ccn1. The van der Waals surface area contributed by atoms with Gasteiger partial charge in [0.1, 0.15) is 5.82 Å². The molecule has 0 saturated heterocycles. The number of carbonyl (C=O) groups excluding carboxylic acids is 1. The first-order chi connectivity index (χ1) is 13.2. The zero-order valence-corrected chi connectivity index (χ0v) is 14.1. The number of para-hydroxylation sites is 2. The van der Waals surface area contributed by atoms with Crippen LogP contribution in [0.25, 0.3) is 16.8 Å². The van der Waals surface area contributed by atoms with Crippen LogP contribution in [0, 0.1) is 0 Å². The zero-order chi connectivity index (χ0) is 18.6. The highest BCUT2D eigenvalue weighted by Crippen LogP contribution is 2.18. The number of hydrogen-bond donors (Lipinski definition) is 2. The van der Waals surface area contributed by atoms with Crippen molar-refractivity contribution in [3.63, 3.8) is 0 Å². The van der Waals surface area contributed by atoms with E-state index in [0.717, 1.165) is 5.69 Å². The average molecular weight is 361 g/mol. The molecule has 8 nitrogen and oxygen atoms in total. The van der Waals surface area contributed by atoms with Gasteiger partial charge in [-0.2, -0.15) is 0 Å². The van der Waals surface area contributed by atoms with Crippen molar-refractivity contribution in [1.29, 1.82) is 0 Å². The zero-order valence-electron chi connectivity index (χ0n) is 14.1. The van der Waals surface area contributed by atoms with E-state index >= 15 is 0 Å². The number of nitrogens with one attached hydrogen (secondary N) is 2. The number of amides is 2. The van der Waals surface area contributed by atoms with E-state index in [-0.39, 0.29) is 6.54 Å². The summed E-state index contributed by atoms with van der Waals surface area (Å²) in [5, 5.41) is 5.35. The van der Waals surface area contributed by atoms with Crippen molar-refractivity contribution in [1.82, 2.24) is 19.9 Å². The van der Waals surface area contributed by atoms with Crippen LogP contribution < -0.4 is 16.4 Å². The molecule has 2 amide bonds. The summed E-state index contributed by atoms with van der Waals surface area (Å²) in [6.07, 6.45) is 3.17. The minimum absolute atomic E-state index is 0.290. The van der Waals surface area contributed by atoms with E-state index in [1.165, 1.54) is 10.8 Å². The van der Waals surface area contributed by atoms with Crippen LogP contribution in [0.15, 0.2) is 76.2 Å². The Hall–Kier alpha value is -3.94. The normalized spacial score (nSPS) is 10.7. The van der Waals surface area contributed by atoms with E-state index < -0.39 is 11.8 Å². The molecule has 134 valence electrons. The molecule has 0 saturated carbocycles. The molecule has 0 radical (unpaired) electrons. The third-order valence-corrected chi connectivity index (χ3v) is 3.89. The Morgan fingerprint density at radius 3 is 2.74 bits per heavy atom. The predicted molar refractivity (Wildman–Crippen MR) is 99.7 cm³/mol. The molecule has 0 fully saturated rings. The first kappa shape index (κ1) is 16.5. The van der Waals surface area contributed by atoms with E-state index in [1.807, 2.05) is 18.2 Å². The van der Waals surface area contributed by atoms with Gasteiger partial charge in [-0.3, -0.25) is 10.3 Å². The predicted octanol–water partition coefficient (Wildman–Crippen LogP) is 2.70. The Morgan fingerprint density at radius 1 is 1.04 bits per heavy atom. The number of carbonyl (C=O) groups is 1. The Labute approximate surface area is 153 Å². The minimum atomic E-state index is -0.507. The second-order valence-corrected chi connectivity index (χ2v) is 5.70. The molecule has 4 rings (SSSR count). The van der Waals surface area contributed by atoms with Crippen LogP contribution in [0.1, 0.15) is 5.69 Å². The highest BCUT2D eigenvalue weighted by atomic mass is 16.4. The summed E-state index contributed by atoms with van der Waals surface area (Å²) in [6.45, 7) is 0.290. The number of benzene rings is 1. The van der Waals surface area contributed by atoms with Gasteiger partial charge in [-0.25, -0.2) is 19.1 Å². The van der Waals surface area contributed by atoms with E-state index in [1.54, 1.807) is 42.6 Å². The van der Waals surface area contributed by atoms with Crippen LogP contribution in [-0.2, 0) is 6.54 Å². The molecule has 0 unspecified atom stereocenters. The standard InChI is InChI=1S/C19H15N5O3/c25-18(22-12-13-5-3-4-9-20-13)23-17-11-14(8-10-21-17)24-15-6-1-2-7-16(15)27-19(24)26/h1-11H,12H2,(H2,21,22,23,25). The molecule has 27 heavy (non-hydrogen) atoms. The van der Waals surface area contributed by atoms with Gasteiger partial charge in [0.15, 0.2) is 5.58 Å². The van der Waals surface area contributed by atoms with E-state index in [0.29, 0.717) is 22.6 Å². The number of fused-ring (bicyclic) bond motifs is 1. The second kappa shape index (κ2) is 7.12. The molecular weight excluding hydrogens is 346 g/mol. The Balaban J connectivity index is 1.53. The number of oxazole rings is 1. The van der Waals surface area contributed by atoms with Crippen LogP contribution in [0.3, 0.4) is 0 Å². The first-order valence-corrected chi connectivity index (χ1v) is 8.22. The monoisotopic (exact) mass is 361 g/mol. The number of rotatable bonds is 4. The van der Waals surface area contributed by atoms with Crippen molar-refractivity contribution in [3.8, 4) is 5.69 Å². The third-order valence-electron chi connectivity index (χ3n) is 3.89. The van der Waals surface area contributed by atoms with Crippen molar-refractivity contribution in [2.24, 2.45) is 0 Å². The fraction of sp³-hybridized carbons (Fsp3) is 0.0526. The molecular formula is C19H15N5O3. The van der Waals surface area contributed by atoms with Gasteiger partial charge in [0.2, 0.25) is 0 Å². The van der Waals surface area contributed by atoms with Gasteiger partial charge in [-0.15, -0.1) is 0 Å². The number of pyridine rings is 2. The summed E-state index contributed by atoms with van der Waals surface area (Å²) < 4.78 is 6.67. The minimum Gasteiger partial charge on any atom is -0.407 e. The number of aromatic nitrogens is 3. The van der Waals surface area contributed by atoms with E-state index in [9.17, 15) is 9.59 Å². The molecule has 4 aromatic rings. The number of nitrogens with zero attached hydrogens (tertiary/aromatic N) is 3. The molecule has 0 bridgehead atoms. The van der Waals surface area contributed by atoms with Crippen molar-refractivity contribution in [2.45, 2.75) is 6.54 Å². The Morgan fingerprint density at radius 2 is 1.89 bits per heavy atom. The van der Waals surface area contributed by atoms with Crippen molar-refractivity contribution < 1.29 is 9.21 Å². The van der Waals surface area contributed by atoms with Crippen LogP contribution in [0.2, 0.25) is 0 Å².